The summed E-state index contributed by atoms with van der Waals surface area (Å²) in [5, 5.41) is 0. The smallest absolute Gasteiger partial charge is 0.211 e. The lowest BCUT2D eigenvalue weighted by molar-refractivity contribution is 0.581. The molecule has 2 aromatic rings. The molecular formula is C17H19ClFNO2S. The first-order chi connectivity index (χ1) is 11.0. The van der Waals surface area contributed by atoms with Crippen LogP contribution in [0.15, 0.2) is 53.4 Å². The van der Waals surface area contributed by atoms with Crippen LogP contribution in [-0.2, 0) is 22.9 Å². The first-order valence-electron chi connectivity index (χ1n) is 7.40. The van der Waals surface area contributed by atoms with Crippen LogP contribution in [0, 0.1) is 5.82 Å². The van der Waals surface area contributed by atoms with E-state index in [1.54, 1.807) is 36.4 Å². The van der Waals surface area contributed by atoms with Gasteiger partial charge in [-0.1, -0.05) is 24.3 Å². The Hall–Kier alpha value is -1.43. The molecule has 0 radical (unpaired) electrons. The fraction of sp³-hybridized carbons (Fsp3) is 0.294. The summed E-state index contributed by atoms with van der Waals surface area (Å²) in [5.74, 6) is 0.286. The Kier molecular flexibility index (Phi) is 6.57. The number of rotatable bonds is 8. The zero-order valence-corrected chi connectivity index (χ0v) is 14.2. The third kappa shape index (κ3) is 5.61. The van der Waals surface area contributed by atoms with Gasteiger partial charge in [-0.15, -0.1) is 11.6 Å². The minimum Gasteiger partial charge on any atom is -0.211 e. The van der Waals surface area contributed by atoms with Crippen LogP contribution in [0.3, 0.4) is 0 Å². The van der Waals surface area contributed by atoms with E-state index in [0.29, 0.717) is 12.3 Å². The molecule has 0 spiro atoms. The Morgan fingerprint density at radius 1 is 0.913 bits per heavy atom. The van der Waals surface area contributed by atoms with Crippen LogP contribution in [-0.4, -0.2) is 20.8 Å². The minimum atomic E-state index is -3.53. The van der Waals surface area contributed by atoms with E-state index in [9.17, 15) is 12.8 Å². The molecule has 0 aliphatic rings. The number of nitrogens with one attached hydrogen (secondary N) is 1. The Labute approximate surface area is 141 Å². The largest absolute Gasteiger partial charge is 0.240 e. The third-order valence-corrected chi connectivity index (χ3v) is 5.20. The standard InChI is InChI=1S/C17H19ClFNO2S/c18-12-1-2-14-5-9-17(10-6-14)23(21,22)20-13-11-15-3-7-16(19)8-4-15/h3-10,20H,1-2,11-13H2. The lowest BCUT2D eigenvalue weighted by Crippen LogP contribution is -2.26. The quantitative estimate of drug-likeness (QED) is 0.736. The molecule has 124 valence electrons. The average Bonchev–Trinajstić information content (AvgIpc) is 2.55. The van der Waals surface area contributed by atoms with Crippen molar-refractivity contribution in [2.75, 3.05) is 12.4 Å². The summed E-state index contributed by atoms with van der Waals surface area (Å²) in [6, 6.07) is 12.8. The Bertz CT molecular complexity index is 715. The molecule has 0 saturated heterocycles. The van der Waals surface area contributed by atoms with E-state index < -0.39 is 10.0 Å². The fourth-order valence-electron chi connectivity index (χ4n) is 2.17. The second kappa shape index (κ2) is 8.43. The highest BCUT2D eigenvalue weighted by molar-refractivity contribution is 7.89. The topological polar surface area (TPSA) is 46.2 Å². The van der Waals surface area contributed by atoms with Crippen molar-refractivity contribution in [1.82, 2.24) is 4.72 Å². The second-order valence-corrected chi connectivity index (χ2v) is 7.36. The normalized spacial score (nSPS) is 11.6. The van der Waals surface area contributed by atoms with Gasteiger partial charge in [0, 0.05) is 12.4 Å². The van der Waals surface area contributed by atoms with E-state index in [-0.39, 0.29) is 17.3 Å². The summed E-state index contributed by atoms with van der Waals surface area (Å²) in [7, 11) is -3.53. The summed E-state index contributed by atoms with van der Waals surface area (Å²) in [6.45, 7) is 0.266. The summed E-state index contributed by atoms with van der Waals surface area (Å²) in [4.78, 5) is 0.242. The number of alkyl halides is 1. The molecule has 6 heteroatoms. The van der Waals surface area contributed by atoms with Gasteiger partial charge >= 0.3 is 0 Å². The van der Waals surface area contributed by atoms with Gasteiger partial charge in [-0.05, 0) is 54.7 Å². The van der Waals surface area contributed by atoms with Crippen LogP contribution in [0.2, 0.25) is 0 Å². The predicted octanol–water partition coefficient (Wildman–Crippen LogP) is 3.52. The minimum absolute atomic E-state index is 0.242. The van der Waals surface area contributed by atoms with Gasteiger partial charge in [0.05, 0.1) is 4.90 Å². The highest BCUT2D eigenvalue weighted by Gasteiger charge is 2.13. The molecule has 0 bridgehead atoms. The van der Waals surface area contributed by atoms with Crippen molar-refractivity contribution in [3.05, 3.63) is 65.5 Å². The highest BCUT2D eigenvalue weighted by Crippen LogP contribution is 2.12. The predicted molar refractivity (Wildman–Crippen MR) is 90.8 cm³/mol. The zero-order chi connectivity index (χ0) is 16.7. The van der Waals surface area contributed by atoms with E-state index >= 15 is 0 Å². The third-order valence-electron chi connectivity index (χ3n) is 3.45. The molecule has 0 aromatic heterocycles. The van der Waals surface area contributed by atoms with Crippen molar-refractivity contribution in [3.63, 3.8) is 0 Å². The Balaban J connectivity index is 1.91. The summed E-state index contributed by atoms with van der Waals surface area (Å²) in [6.07, 6.45) is 2.21. The number of halogens is 2. The van der Waals surface area contributed by atoms with Gasteiger partial charge in [0.25, 0.3) is 0 Å². The molecular weight excluding hydrogens is 337 g/mol. The van der Waals surface area contributed by atoms with Gasteiger partial charge in [0.1, 0.15) is 5.82 Å². The maximum atomic E-state index is 12.8. The van der Waals surface area contributed by atoms with Crippen LogP contribution in [0.25, 0.3) is 0 Å². The lowest BCUT2D eigenvalue weighted by Gasteiger charge is -2.08. The molecule has 0 heterocycles. The molecule has 0 amide bonds. The maximum absolute atomic E-state index is 12.8. The van der Waals surface area contributed by atoms with E-state index in [2.05, 4.69) is 4.72 Å². The highest BCUT2D eigenvalue weighted by atomic mass is 35.5. The summed E-state index contributed by atoms with van der Waals surface area (Å²) < 4.78 is 39.8. The monoisotopic (exact) mass is 355 g/mol. The molecule has 0 unspecified atom stereocenters. The van der Waals surface area contributed by atoms with Gasteiger partial charge in [0.15, 0.2) is 0 Å². The molecule has 2 rings (SSSR count). The average molecular weight is 356 g/mol. The van der Waals surface area contributed by atoms with Crippen molar-refractivity contribution in [3.8, 4) is 0 Å². The number of sulfonamides is 1. The van der Waals surface area contributed by atoms with Crippen LogP contribution in [0.4, 0.5) is 4.39 Å². The van der Waals surface area contributed by atoms with E-state index in [4.69, 9.17) is 11.6 Å². The molecule has 3 nitrogen and oxygen atoms in total. The second-order valence-electron chi connectivity index (χ2n) is 5.21. The zero-order valence-electron chi connectivity index (χ0n) is 12.6. The Morgan fingerprint density at radius 2 is 1.48 bits per heavy atom. The SMILES string of the molecule is O=S(=O)(NCCc1ccc(F)cc1)c1ccc(CCCCl)cc1. The number of aryl methyl sites for hydroxylation is 1. The van der Waals surface area contributed by atoms with Crippen LogP contribution in [0.5, 0.6) is 0 Å². The van der Waals surface area contributed by atoms with Crippen molar-refractivity contribution in [2.24, 2.45) is 0 Å². The van der Waals surface area contributed by atoms with E-state index in [0.717, 1.165) is 24.0 Å². The first kappa shape index (κ1) is 17.9. The maximum Gasteiger partial charge on any atom is 0.240 e. The first-order valence-corrected chi connectivity index (χ1v) is 9.42. The van der Waals surface area contributed by atoms with Crippen LogP contribution < -0.4 is 4.72 Å². The molecule has 0 aliphatic heterocycles. The molecule has 0 fully saturated rings. The van der Waals surface area contributed by atoms with Gasteiger partial charge in [-0.25, -0.2) is 17.5 Å². The number of benzene rings is 2. The van der Waals surface area contributed by atoms with E-state index in [1.807, 2.05) is 0 Å². The summed E-state index contributed by atoms with van der Waals surface area (Å²) >= 11 is 5.64. The number of hydrogen-bond donors (Lipinski definition) is 1. The molecule has 1 N–H and O–H groups in total. The van der Waals surface area contributed by atoms with Crippen molar-refractivity contribution in [1.29, 1.82) is 0 Å². The van der Waals surface area contributed by atoms with Gasteiger partial charge in [-0.2, -0.15) is 0 Å². The molecule has 0 aliphatic carbocycles. The van der Waals surface area contributed by atoms with Crippen molar-refractivity contribution >= 4 is 21.6 Å². The fourth-order valence-corrected chi connectivity index (χ4v) is 3.34. The van der Waals surface area contributed by atoms with Gasteiger partial charge < -0.3 is 0 Å². The van der Waals surface area contributed by atoms with Crippen molar-refractivity contribution in [2.45, 2.75) is 24.2 Å². The van der Waals surface area contributed by atoms with Gasteiger partial charge in [0.2, 0.25) is 10.0 Å². The molecule has 23 heavy (non-hydrogen) atoms. The molecule has 2 aromatic carbocycles. The lowest BCUT2D eigenvalue weighted by atomic mass is 10.1. The van der Waals surface area contributed by atoms with E-state index in [1.165, 1.54) is 12.1 Å². The Morgan fingerprint density at radius 3 is 2.09 bits per heavy atom. The van der Waals surface area contributed by atoms with Crippen LogP contribution >= 0.6 is 11.6 Å². The van der Waals surface area contributed by atoms with Crippen LogP contribution in [0.1, 0.15) is 17.5 Å². The number of hydrogen-bond acceptors (Lipinski definition) is 2. The van der Waals surface area contributed by atoms with Crippen molar-refractivity contribution < 1.29 is 12.8 Å². The summed E-state index contributed by atoms with van der Waals surface area (Å²) in [5.41, 5.74) is 1.95. The molecule has 0 saturated carbocycles. The van der Waals surface area contributed by atoms with Gasteiger partial charge in [-0.3, -0.25) is 0 Å². The molecule has 0 atom stereocenters.